The van der Waals surface area contributed by atoms with E-state index in [1.165, 1.54) is 0 Å². The molecule has 1 aliphatic rings. The zero-order valence-electron chi connectivity index (χ0n) is 10.9. The molecule has 0 unspecified atom stereocenters. The fourth-order valence-corrected chi connectivity index (χ4v) is 2.08. The summed E-state index contributed by atoms with van der Waals surface area (Å²) in [6.07, 6.45) is 2.32. The number of hydrogen-bond acceptors (Lipinski definition) is 3. The second-order valence-corrected chi connectivity index (χ2v) is 5.09. The largest absolute Gasteiger partial charge is 0.369 e. The number of nitrogens with one attached hydrogen (secondary N) is 1. The van der Waals surface area contributed by atoms with Crippen LogP contribution in [0, 0.1) is 5.92 Å². The molecule has 1 saturated heterocycles. The summed E-state index contributed by atoms with van der Waals surface area (Å²) in [5, 5.41) is 3.33. The molecule has 94 valence electrons. The Morgan fingerprint density at radius 2 is 2.00 bits per heavy atom. The molecule has 0 aliphatic carbocycles. The van der Waals surface area contributed by atoms with Crippen molar-refractivity contribution in [2.45, 2.75) is 32.3 Å². The number of carbonyl (C=O) groups is 1. The van der Waals surface area contributed by atoms with E-state index in [1.54, 1.807) is 12.0 Å². The maximum atomic E-state index is 12.1. The van der Waals surface area contributed by atoms with Crippen LogP contribution < -0.4 is 5.32 Å². The molecule has 0 saturated carbocycles. The highest BCUT2D eigenvalue weighted by Crippen LogP contribution is 2.16. The molecule has 0 bridgehead atoms. The van der Waals surface area contributed by atoms with Gasteiger partial charge in [0.2, 0.25) is 0 Å². The van der Waals surface area contributed by atoms with Gasteiger partial charge in [0.1, 0.15) is 5.60 Å². The first-order valence-corrected chi connectivity index (χ1v) is 5.99. The lowest BCUT2D eigenvalue weighted by Crippen LogP contribution is -2.47. The van der Waals surface area contributed by atoms with Crippen molar-refractivity contribution in [1.82, 2.24) is 10.2 Å². The van der Waals surface area contributed by atoms with Gasteiger partial charge in [-0.15, -0.1) is 0 Å². The van der Waals surface area contributed by atoms with Crippen LogP contribution in [0.2, 0.25) is 0 Å². The molecule has 1 N–H and O–H groups in total. The first kappa shape index (κ1) is 13.5. The van der Waals surface area contributed by atoms with Gasteiger partial charge in [0, 0.05) is 20.7 Å². The third kappa shape index (κ3) is 3.46. The number of ether oxygens (including phenoxy) is 1. The van der Waals surface area contributed by atoms with Crippen molar-refractivity contribution < 1.29 is 9.53 Å². The van der Waals surface area contributed by atoms with Gasteiger partial charge in [0.15, 0.2) is 0 Å². The monoisotopic (exact) mass is 228 g/mol. The van der Waals surface area contributed by atoms with E-state index in [0.29, 0.717) is 5.92 Å². The second-order valence-electron chi connectivity index (χ2n) is 5.09. The van der Waals surface area contributed by atoms with E-state index in [2.05, 4.69) is 5.32 Å². The Bertz CT molecular complexity index is 235. The van der Waals surface area contributed by atoms with Crippen LogP contribution in [-0.4, -0.2) is 50.2 Å². The van der Waals surface area contributed by atoms with Crippen molar-refractivity contribution in [3.05, 3.63) is 0 Å². The van der Waals surface area contributed by atoms with Gasteiger partial charge in [-0.05, 0) is 45.7 Å². The lowest BCUT2D eigenvalue weighted by molar-refractivity contribution is -0.150. The zero-order chi connectivity index (χ0) is 12.2. The minimum absolute atomic E-state index is 0.0635. The van der Waals surface area contributed by atoms with Crippen LogP contribution >= 0.6 is 0 Å². The van der Waals surface area contributed by atoms with Gasteiger partial charge in [-0.1, -0.05) is 0 Å². The molecule has 0 aromatic rings. The third-order valence-electron chi connectivity index (χ3n) is 3.36. The summed E-state index contributed by atoms with van der Waals surface area (Å²) in [4.78, 5) is 13.9. The molecule has 4 nitrogen and oxygen atoms in total. The highest BCUT2D eigenvalue weighted by molar-refractivity contribution is 5.84. The highest BCUT2D eigenvalue weighted by Gasteiger charge is 2.31. The predicted octanol–water partition coefficient (Wildman–Crippen LogP) is 0.869. The van der Waals surface area contributed by atoms with Crippen molar-refractivity contribution in [2.75, 3.05) is 33.8 Å². The van der Waals surface area contributed by atoms with Gasteiger partial charge < -0.3 is 15.0 Å². The Morgan fingerprint density at radius 1 is 1.44 bits per heavy atom. The quantitative estimate of drug-likeness (QED) is 0.776. The Hall–Kier alpha value is -0.610. The topological polar surface area (TPSA) is 41.6 Å². The minimum Gasteiger partial charge on any atom is -0.369 e. The number of methoxy groups -OCH3 is 1. The molecule has 0 spiro atoms. The normalized spacial score (nSPS) is 18.5. The fraction of sp³-hybridized carbons (Fsp3) is 0.917. The van der Waals surface area contributed by atoms with E-state index in [0.717, 1.165) is 32.5 Å². The van der Waals surface area contributed by atoms with Crippen molar-refractivity contribution in [2.24, 2.45) is 5.92 Å². The smallest absolute Gasteiger partial charge is 0.253 e. The van der Waals surface area contributed by atoms with Gasteiger partial charge in [-0.2, -0.15) is 0 Å². The molecular formula is C12H24N2O2. The summed E-state index contributed by atoms with van der Waals surface area (Å²) >= 11 is 0. The molecule has 1 heterocycles. The Morgan fingerprint density at radius 3 is 2.50 bits per heavy atom. The van der Waals surface area contributed by atoms with E-state index in [4.69, 9.17) is 4.74 Å². The fourth-order valence-electron chi connectivity index (χ4n) is 2.08. The standard InChI is InChI=1S/C12H24N2O2/c1-12(2,16-4)11(15)14(3)9-10-5-7-13-8-6-10/h10,13H,5-9H2,1-4H3. The molecule has 0 radical (unpaired) electrons. The summed E-state index contributed by atoms with van der Waals surface area (Å²) in [6, 6.07) is 0. The lowest BCUT2D eigenvalue weighted by Gasteiger charge is -2.32. The lowest BCUT2D eigenvalue weighted by atomic mass is 9.97. The molecule has 1 amide bonds. The molecule has 1 aliphatic heterocycles. The van der Waals surface area contributed by atoms with Gasteiger partial charge in [-0.3, -0.25) is 4.79 Å². The van der Waals surface area contributed by atoms with E-state index >= 15 is 0 Å². The Balaban J connectivity index is 2.44. The van der Waals surface area contributed by atoms with Crippen molar-refractivity contribution in [3.8, 4) is 0 Å². The van der Waals surface area contributed by atoms with Gasteiger partial charge in [0.05, 0.1) is 0 Å². The van der Waals surface area contributed by atoms with Crippen molar-refractivity contribution in [3.63, 3.8) is 0 Å². The summed E-state index contributed by atoms with van der Waals surface area (Å²) < 4.78 is 5.21. The summed E-state index contributed by atoms with van der Waals surface area (Å²) in [6.45, 7) is 6.61. The second kappa shape index (κ2) is 5.64. The molecular weight excluding hydrogens is 204 g/mol. The predicted molar refractivity (Wildman–Crippen MR) is 64.3 cm³/mol. The number of piperidine rings is 1. The first-order chi connectivity index (χ1) is 7.47. The maximum absolute atomic E-state index is 12.1. The Labute approximate surface area is 98.3 Å². The van der Waals surface area contributed by atoms with Crippen molar-refractivity contribution in [1.29, 1.82) is 0 Å². The maximum Gasteiger partial charge on any atom is 0.253 e. The summed E-state index contributed by atoms with van der Waals surface area (Å²) in [5.41, 5.74) is -0.707. The van der Waals surface area contributed by atoms with E-state index in [1.807, 2.05) is 20.9 Å². The van der Waals surface area contributed by atoms with Gasteiger partial charge in [0.25, 0.3) is 5.91 Å². The van der Waals surface area contributed by atoms with E-state index in [-0.39, 0.29) is 5.91 Å². The third-order valence-corrected chi connectivity index (χ3v) is 3.36. The van der Waals surface area contributed by atoms with Crippen LogP contribution in [-0.2, 0) is 9.53 Å². The number of likely N-dealkylation sites (N-methyl/N-ethyl adjacent to an activating group) is 1. The van der Waals surface area contributed by atoms with Crippen LogP contribution in [0.4, 0.5) is 0 Å². The van der Waals surface area contributed by atoms with Gasteiger partial charge >= 0.3 is 0 Å². The van der Waals surface area contributed by atoms with Gasteiger partial charge in [-0.25, -0.2) is 0 Å². The Kier molecular flexibility index (Phi) is 4.74. The van der Waals surface area contributed by atoms with Crippen LogP contribution in [0.1, 0.15) is 26.7 Å². The number of hydrogen-bond donors (Lipinski definition) is 1. The number of nitrogens with zero attached hydrogens (tertiary/aromatic N) is 1. The average Bonchev–Trinajstić information content (AvgIpc) is 2.29. The van der Waals surface area contributed by atoms with Crippen LogP contribution in [0.25, 0.3) is 0 Å². The van der Waals surface area contributed by atoms with E-state index < -0.39 is 5.60 Å². The molecule has 4 heteroatoms. The average molecular weight is 228 g/mol. The summed E-state index contributed by atoms with van der Waals surface area (Å²) in [7, 11) is 3.45. The molecule has 1 fully saturated rings. The minimum atomic E-state index is -0.707. The van der Waals surface area contributed by atoms with Crippen LogP contribution in [0.5, 0.6) is 0 Å². The first-order valence-electron chi connectivity index (χ1n) is 5.99. The molecule has 16 heavy (non-hydrogen) atoms. The summed E-state index contributed by atoms with van der Waals surface area (Å²) in [5.74, 6) is 0.691. The van der Waals surface area contributed by atoms with Crippen LogP contribution in [0.3, 0.4) is 0 Å². The number of amides is 1. The van der Waals surface area contributed by atoms with Crippen LogP contribution in [0.15, 0.2) is 0 Å². The molecule has 0 atom stereocenters. The number of carbonyl (C=O) groups excluding carboxylic acids is 1. The zero-order valence-corrected chi connectivity index (χ0v) is 10.9. The molecule has 0 aromatic carbocycles. The molecule has 1 rings (SSSR count). The van der Waals surface area contributed by atoms with Crippen molar-refractivity contribution >= 4 is 5.91 Å². The number of rotatable bonds is 4. The SMILES string of the molecule is COC(C)(C)C(=O)N(C)CC1CCNCC1. The molecule has 0 aromatic heterocycles. The van der Waals surface area contributed by atoms with E-state index in [9.17, 15) is 4.79 Å². The highest BCUT2D eigenvalue weighted by atomic mass is 16.5.